The summed E-state index contributed by atoms with van der Waals surface area (Å²) < 4.78 is 5.10. The Labute approximate surface area is 159 Å². The molecule has 2 heterocycles. The van der Waals surface area contributed by atoms with E-state index in [4.69, 9.17) is 16.0 Å². The third kappa shape index (κ3) is 4.00. The van der Waals surface area contributed by atoms with Crippen LogP contribution in [0.15, 0.2) is 45.9 Å². The maximum atomic E-state index is 12.4. The predicted molar refractivity (Wildman–Crippen MR) is 99.9 cm³/mol. The van der Waals surface area contributed by atoms with E-state index in [2.05, 4.69) is 5.32 Å². The van der Waals surface area contributed by atoms with Crippen molar-refractivity contribution >= 4 is 46.5 Å². The minimum Gasteiger partial charge on any atom is -0.459 e. The Bertz CT molecular complexity index is 889. The van der Waals surface area contributed by atoms with Crippen molar-refractivity contribution in [1.82, 2.24) is 10.2 Å². The Balaban J connectivity index is 1.60. The van der Waals surface area contributed by atoms with Crippen molar-refractivity contribution in [3.63, 3.8) is 0 Å². The van der Waals surface area contributed by atoms with Gasteiger partial charge in [-0.25, -0.2) is 0 Å². The van der Waals surface area contributed by atoms with Crippen LogP contribution in [0.2, 0.25) is 5.02 Å². The van der Waals surface area contributed by atoms with Crippen LogP contribution in [0.25, 0.3) is 6.08 Å². The molecule has 6 nitrogen and oxygen atoms in total. The van der Waals surface area contributed by atoms with Crippen LogP contribution in [0.1, 0.15) is 21.7 Å². The largest absolute Gasteiger partial charge is 0.459 e. The number of carbonyl (C=O) groups excluding carboxylic acids is 3. The number of carbonyl (C=O) groups is 3. The Kier molecular flexibility index (Phi) is 5.49. The van der Waals surface area contributed by atoms with Crippen molar-refractivity contribution < 1.29 is 18.8 Å². The van der Waals surface area contributed by atoms with E-state index in [0.29, 0.717) is 9.93 Å². The number of imide groups is 1. The molecule has 0 radical (unpaired) electrons. The highest BCUT2D eigenvalue weighted by molar-refractivity contribution is 8.18. The number of benzene rings is 1. The van der Waals surface area contributed by atoms with E-state index >= 15 is 0 Å². The van der Waals surface area contributed by atoms with Crippen LogP contribution in [-0.4, -0.2) is 35.0 Å². The van der Waals surface area contributed by atoms with Crippen molar-refractivity contribution in [3.8, 4) is 0 Å². The van der Waals surface area contributed by atoms with E-state index in [1.807, 2.05) is 0 Å². The number of halogens is 1. The van der Waals surface area contributed by atoms with Crippen LogP contribution in [-0.2, 0) is 4.79 Å². The summed E-state index contributed by atoms with van der Waals surface area (Å²) in [5.74, 6) is -0.531. The average molecular weight is 391 g/mol. The maximum Gasteiger partial charge on any atom is 0.293 e. The summed E-state index contributed by atoms with van der Waals surface area (Å²) >= 11 is 6.71. The number of hydrogen-bond acceptors (Lipinski definition) is 5. The minimum absolute atomic E-state index is 0.0914. The van der Waals surface area contributed by atoms with E-state index in [1.54, 1.807) is 43.3 Å². The molecule has 1 aromatic heterocycles. The summed E-state index contributed by atoms with van der Waals surface area (Å²) in [6, 6.07) is 8.64. The standard InChI is InChI=1S/C18H15ClN2O4S/c1-11-6-9-25-15(11)16(22)20-7-8-21-17(23)14(26-18(21)24)10-12-2-4-13(19)5-3-12/h2-6,9-10H,7-8H2,1H3,(H,20,22)/b14-10-. The molecule has 0 atom stereocenters. The van der Waals surface area contributed by atoms with Gasteiger partial charge in [0.2, 0.25) is 0 Å². The van der Waals surface area contributed by atoms with Gasteiger partial charge in [-0.15, -0.1) is 0 Å². The van der Waals surface area contributed by atoms with Gasteiger partial charge in [-0.2, -0.15) is 0 Å². The van der Waals surface area contributed by atoms with Crippen molar-refractivity contribution in [3.05, 3.63) is 63.4 Å². The number of nitrogens with zero attached hydrogens (tertiary/aromatic N) is 1. The van der Waals surface area contributed by atoms with E-state index < -0.39 is 0 Å². The number of furan rings is 1. The fourth-order valence-electron chi connectivity index (χ4n) is 2.37. The Morgan fingerprint density at radius 2 is 2.00 bits per heavy atom. The highest BCUT2D eigenvalue weighted by Gasteiger charge is 2.34. The van der Waals surface area contributed by atoms with E-state index in [9.17, 15) is 14.4 Å². The Hall–Kier alpha value is -2.51. The molecule has 1 aliphatic rings. The lowest BCUT2D eigenvalue weighted by Crippen LogP contribution is -2.37. The number of nitrogens with one attached hydrogen (secondary N) is 1. The fourth-order valence-corrected chi connectivity index (χ4v) is 3.36. The van der Waals surface area contributed by atoms with E-state index in [-0.39, 0.29) is 35.9 Å². The van der Waals surface area contributed by atoms with Gasteiger partial charge < -0.3 is 9.73 Å². The molecule has 0 spiro atoms. The smallest absolute Gasteiger partial charge is 0.293 e. The summed E-state index contributed by atoms with van der Waals surface area (Å²) in [6.07, 6.45) is 3.08. The van der Waals surface area contributed by atoms with Gasteiger partial charge in [-0.3, -0.25) is 19.3 Å². The van der Waals surface area contributed by atoms with Crippen LogP contribution in [0.5, 0.6) is 0 Å². The van der Waals surface area contributed by atoms with Crippen molar-refractivity contribution in [2.24, 2.45) is 0 Å². The molecular formula is C18H15ClN2O4S. The summed E-state index contributed by atoms with van der Waals surface area (Å²) in [5.41, 5.74) is 1.50. The molecule has 134 valence electrons. The highest BCUT2D eigenvalue weighted by atomic mass is 35.5. The lowest BCUT2D eigenvalue weighted by molar-refractivity contribution is -0.122. The van der Waals surface area contributed by atoms with Crippen LogP contribution in [0.3, 0.4) is 0 Å². The lowest BCUT2D eigenvalue weighted by Gasteiger charge is -2.12. The van der Waals surface area contributed by atoms with Gasteiger partial charge in [-0.05, 0) is 48.5 Å². The molecule has 3 rings (SSSR count). The van der Waals surface area contributed by atoms with Gasteiger partial charge in [0.25, 0.3) is 17.1 Å². The molecule has 0 unspecified atom stereocenters. The van der Waals surface area contributed by atoms with Crippen LogP contribution in [0.4, 0.5) is 4.79 Å². The molecule has 26 heavy (non-hydrogen) atoms. The highest BCUT2D eigenvalue weighted by Crippen LogP contribution is 2.32. The van der Waals surface area contributed by atoms with Crippen molar-refractivity contribution in [2.45, 2.75) is 6.92 Å². The molecule has 2 aromatic rings. The van der Waals surface area contributed by atoms with Crippen LogP contribution in [0, 0.1) is 6.92 Å². The fraction of sp³-hybridized carbons (Fsp3) is 0.167. The molecule has 3 amide bonds. The van der Waals surface area contributed by atoms with Gasteiger partial charge in [0, 0.05) is 23.7 Å². The molecule has 1 saturated heterocycles. The molecule has 0 bridgehead atoms. The zero-order valence-electron chi connectivity index (χ0n) is 13.8. The number of amides is 3. The topological polar surface area (TPSA) is 79.6 Å². The van der Waals surface area contributed by atoms with Crippen LogP contribution < -0.4 is 5.32 Å². The molecule has 1 aliphatic heterocycles. The quantitative estimate of drug-likeness (QED) is 0.787. The van der Waals surface area contributed by atoms with Crippen molar-refractivity contribution in [2.75, 3.05) is 13.1 Å². The average Bonchev–Trinajstić information content (AvgIpc) is 3.15. The second kappa shape index (κ2) is 7.80. The van der Waals surface area contributed by atoms with E-state index in [1.165, 1.54) is 6.26 Å². The zero-order valence-corrected chi connectivity index (χ0v) is 15.4. The number of rotatable bonds is 5. The normalized spacial score (nSPS) is 15.8. The zero-order chi connectivity index (χ0) is 18.7. The predicted octanol–water partition coefficient (Wildman–Crippen LogP) is 3.71. The molecule has 1 fully saturated rings. The van der Waals surface area contributed by atoms with Gasteiger partial charge in [0.05, 0.1) is 11.2 Å². The van der Waals surface area contributed by atoms with Crippen molar-refractivity contribution in [1.29, 1.82) is 0 Å². The molecule has 8 heteroatoms. The number of hydrogen-bond donors (Lipinski definition) is 1. The van der Waals surface area contributed by atoms with Gasteiger partial charge in [0.1, 0.15) is 0 Å². The van der Waals surface area contributed by atoms with Gasteiger partial charge >= 0.3 is 0 Å². The van der Waals surface area contributed by atoms with Gasteiger partial charge in [-0.1, -0.05) is 23.7 Å². The lowest BCUT2D eigenvalue weighted by atomic mass is 10.2. The van der Waals surface area contributed by atoms with Gasteiger partial charge in [0.15, 0.2) is 5.76 Å². The maximum absolute atomic E-state index is 12.4. The number of aryl methyl sites for hydroxylation is 1. The molecule has 1 aromatic carbocycles. The minimum atomic E-state index is -0.379. The van der Waals surface area contributed by atoms with E-state index in [0.717, 1.165) is 27.8 Å². The first kappa shape index (κ1) is 18.3. The summed E-state index contributed by atoms with van der Waals surface area (Å²) in [5, 5.41) is 2.88. The monoisotopic (exact) mass is 390 g/mol. The SMILES string of the molecule is Cc1ccoc1C(=O)NCCN1C(=O)S/C(=C\c2ccc(Cl)cc2)C1=O. The first-order valence-electron chi connectivity index (χ1n) is 7.79. The van der Waals surface area contributed by atoms with Crippen LogP contribution >= 0.6 is 23.4 Å². The molecular weight excluding hydrogens is 376 g/mol. The second-order valence-corrected chi connectivity index (χ2v) is 7.00. The second-order valence-electron chi connectivity index (χ2n) is 5.57. The third-order valence-electron chi connectivity index (χ3n) is 3.73. The Morgan fingerprint density at radius 3 is 2.65 bits per heavy atom. The third-order valence-corrected chi connectivity index (χ3v) is 4.89. The first-order chi connectivity index (χ1) is 12.5. The Morgan fingerprint density at radius 1 is 1.27 bits per heavy atom. The molecule has 0 saturated carbocycles. The molecule has 0 aliphatic carbocycles. The summed E-state index contributed by atoms with van der Waals surface area (Å²) in [6.45, 7) is 2.00. The summed E-state index contributed by atoms with van der Waals surface area (Å²) in [4.78, 5) is 37.9. The number of thioether (sulfide) groups is 1. The first-order valence-corrected chi connectivity index (χ1v) is 8.98. The molecule has 1 N–H and O–H groups in total. The summed E-state index contributed by atoms with van der Waals surface area (Å²) in [7, 11) is 0.